The first-order chi connectivity index (χ1) is 5.29. The summed E-state index contributed by atoms with van der Waals surface area (Å²) in [6.07, 6.45) is 0. The molecule has 1 rings (SSSR count). The van der Waals surface area contributed by atoms with Gasteiger partial charge in [0.1, 0.15) is 0 Å². The maximum Gasteiger partial charge on any atom is 0.180 e. The van der Waals surface area contributed by atoms with Crippen LogP contribution in [0, 0.1) is 20.1 Å². The largest absolute Gasteiger partial charge is 0.239 e. The zero-order valence-electron chi connectivity index (χ0n) is 6.13. The molecule has 52 valence electrons. The van der Waals surface area contributed by atoms with Gasteiger partial charge in [-0.15, -0.1) is 0 Å². The Hall–Kier alpha value is -1.80. The zero-order chi connectivity index (χ0) is 8.27. The SMILES string of the molecule is [C-]#[N+]c1cccc([N+]#[C-])c1C. The van der Waals surface area contributed by atoms with Crippen LogP contribution in [0.15, 0.2) is 18.2 Å². The van der Waals surface area contributed by atoms with Crippen molar-refractivity contribution in [3.05, 3.63) is 46.6 Å². The first kappa shape index (κ1) is 7.31. The third-order valence-corrected chi connectivity index (χ3v) is 1.52. The van der Waals surface area contributed by atoms with Crippen molar-refractivity contribution in [2.24, 2.45) is 0 Å². The molecule has 0 atom stereocenters. The highest BCUT2D eigenvalue weighted by molar-refractivity contribution is 5.65. The molecule has 11 heavy (non-hydrogen) atoms. The second kappa shape index (κ2) is 2.86. The smallest absolute Gasteiger partial charge is 0.180 e. The molecule has 0 spiro atoms. The molecule has 0 saturated heterocycles. The fourth-order valence-electron chi connectivity index (χ4n) is 0.854. The monoisotopic (exact) mass is 142 g/mol. The van der Waals surface area contributed by atoms with Crippen molar-refractivity contribution in [3.63, 3.8) is 0 Å². The molecule has 0 bridgehead atoms. The van der Waals surface area contributed by atoms with E-state index in [1.54, 1.807) is 25.1 Å². The summed E-state index contributed by atoms with van der Waals surface area (Å²) in [5, 5.41) is 0. The molecule has 0 fully saturated rings. The van der Waals surface area contributed by atoms with E-state index in [2.05, 4.69) is 9.69 Å². The van der Waals surface area contributed by atoms with Gasteiger partial charge >= 0.3 is 0 Å². The number of hydrogen-bond donors (Lipinski definition) is 0. The van der Waals surface area contributed by atoms with E-state index in [0.717, 1.165) is 5.56 Å². The lowest BCUT2D eigenvalue weighted by Crippen LogP contribution is -1.71. The predicted molar refractivity (Wildman–Crippen MR) is 43.7 cm³/mol. The Bertz CT molecular complexity index is 321. The lowest BCUT2D eigenvalue weighted by Gasteiger charge is -1.97. The Kier molecular flexibility index (Phi) is 1.90. The van der Waals surface area contributed by atoms with Gasteiger partial charge in [0.05, 0.1) is 13.1 Å². The van der Waals surface area contributed by atoms with E-state index >= 15 is 0 Å². The topological polar surface area (TPSA) is 8.72 Å². The summed E-state index contributed by atoms with van der Waals surface area (Å²) in [5.41, 5.74) is 1.91. The summed E-state index contributed by atoms with van der Waals surface area (Å²) in [6.45, 7) is 15.3. The van der Waals surface area contributed by atoms with E-state index in [9.17, 15) is 0 Å². The maximum atomic E-state index is 6.78. The van der Waals surface area contributed by atoms with Crippen molar-refractivity contribution >= 4 is 11.4 Å². The highest BCUT2D eigenvalue weighted by Crippen LogP contribution is 2.27. The first-order valence-corrected chi connectivity index (χ1v) is 3.14. The Morgan fingerprint density at radius 1 is 1.09 bits per heavy atom. The van der Waals surface area contributed by atoms with E-state index in [0.29, 0.717) is 11.4 Å². The van der Waals surface area contributed by atoms with Crippen LogP contribution in [0.2, 0.25) is 0 Å². The van der Waals surface area contributed by atoms with Crippen molar-refractivity contribution in [1.29, 1.82) is 0 Å². The molecule has 0 radical (unpaired) electrons. The molecule has 0 aliphatic heterocycles. The molecule has 0 amide bonds. The second-order valence-electron chi connectivity index (χ2n) is 2.14. The summed E-state index contributed by atoms with van der Waals surface area (Å²) in [7, 11) is 0. The highest BCUT2D eigenvalue weighted by atomic mass is 14.7. The number of hydrogen-bond acceptors (Lipinski definition) is 0. The third kappa shape index (κ3) is 1.20. The lowest BCUT2D eigenvalue weighted by atomic mass is 10.2. The van der Waals surface area contributed by atoms with Crippen LogP contribution in [0.3, 0.4) is 0 Å². The minimum atomic E-state index is 0.568. The average Bonchev–Trinajstić information content (AvgIpc) is 2.05. The molecule has 1 aromatic carbocycles. The predicted octanol–water partition coefficient (Wildman–Crippen LogP) is 3.10. The van der Waals surface area contributed by atoms with Gasteiger partial charge in [0, 0.05) is 0 Å². The Balaban J connectivity index is 3.38. The van der Waals surface area contributed by atoms with Crippen molar-refractivity contribution in [2.45, 2.75) is 6.92 Å². The van der Waals surface area contributed by atoms with Gasteiger partial charge in [-0.3, -0.25) is 0 Å². The van der Waals surface area contributed by atoms with Crippen LogP contribution in [0.25, 0.3) is 9.69 Å². The molecule has 0 aliphatic rings. The Morgan fingerprint density at radius 3 is 1.91 bits per heavy atom. The van der Waals surface area contributed by atoms with Crippen LogP contribution in [0.5, 0.6) is 0 Å². The maximum absolute atomic E-state index is 6.78. The molecule has 0 saturated carbocycles. The first-order valence-electron chi connectivity index (χ1n) is 3.14. The van der Waals surface area contributed by atoms with Crippen LogP contribution < -0.4 is 0 Å². The molecule has 0 N–H and O–H groups in total. The number of nitrogens with zero attached hydrogens (tertiary/aromatic N) is 2. The van der Waals surface area contributed by atoms with Crippen LogP contribution in [0.1, 0.15) is 5.56 Å². The molecule has 2 nitrogen and oxygen atoms in total. The Labute approximate surface area is 65.7 Å². The summed E-state index contributed by atoms with van der Waals surface area (Å²) in [5.74, 6) is 0. The highest BCUT2D eigenvalue weighted by Gasteiger charge is 2.00. The Morgan fingerprint density at radius 2 is 1.55 bits per heavy atom. The fraction of sp³-hybridized carbons (Fsp3) is 0.111. The van der Waals surface area contributed by atoms with Crippen LogP contribution in [-0.4, -0.2) is 0 Å². The van der Waals surface area contributed by atoms with Gasteiger partial charge in [-0.2, -0.15) is 0 Å². The molecule has 1 aromatic rings. The summed E-state index contributed by atoms with van der Waals surface area (Å²) >= 11 is 0. The summed E-state index contributed by atoms with van der Waals surface area (Å²) < 4.78 is 0. The van der Waals surface area contributed by atoms with Crippen molar-refractivity contribution in [1.82, 2.24) is 0 Å². The minimum absolute atomic E-state index is 0.568. The second-order valence-corrected chi connectivity index (χ2v) is 2.14. The van der Waals surface area contributed by atoms with E-state index in [1.807, 2.05) is 0 Å². The van der Waals surface area contributed by atoms with Crippen molar-refractivity contribution in [2.75, 3.05) is 0 Å². The van der Waals surface area contributed by atoms with Gasteiger partial charge in [-0.25, -0.2) is 9.69 Å². The minimum Gasteiger partial charge on any atom is -0.239 e. The van der Waals surface area contributed by atoms with Crippen LogP contribution in [-0.2, 0) is 0 Å². The van der Waals surface area contributed by atoms with E-state index < -0.39 is 0 Å². The summed E-state index contributed by atoms with van der Waals surface area (Å²) in [6, 6.07) is 5.17. The lowest BCUT2D eigenvalue weighted by molar-refractivity contribution is 1.50. The number of benzene rings is 1. The van der Waals surface area contributed by atoms with Gasteiger partial charge in [0.2, 0.25) is 0 Å². The standard InChI is InChI=1S/C9H6N2/c1-7-8(10-2)5-4-6-9(7)11-3/h4-6H,1H3. The summed E-state index contributed by atoms with van der Waals surface area (Å²) in [4.78, 5) is 6.57. The normalized spacial score (nSPS) is 8.27. The molecular weight excluding hydrogens is 136 g/mol. The van der Waals surface area contributed by atoms with Crippen LogP contribution in [0.4, 0.5) is 11.4 Å². The molecular formula is C9H6N2. The van der Waals surface area contributed by atoms with Gasteiger partial charge in [0.15, 0.2) is 11.4 Å². The van der Waals surface area contributed by atoms with E-state index in [1.165, 1.54) is 0 Å². The molecule has 0 unspecified atom stereocenters. The average molecular weight is 142 g/mol. The molecule has 0 heterocycles. The third-order valence-electron chi connectivity index (χ3n) is 1.52. The van der Waals surface area contributed by atoms with Crippen LogP contribution >= 0.6 is 0 Å². The zero-order valence-corrected chi connectivity index (χ0v) is 6.13. The molecule has 0 aliphatic carbocycles. The number of rotatable bonds is 0. The molecule has 0 aromatic heterocycles. The molecule has 2 heteroatoms. The van der Waals surface area contributed by atoms with Crippen molar-refractivity contribution < 1.29 is 0 Å². The van der Waals surface area contributed by atoms with Gasteiger partial charge in [0.25, 0.3) is 0 Å². The van der Waals surface area contributed by atoms with Crippen molar-refractivity contribution in [3.8, 4) is 0 Å². The quantitative estimate of drug-likeness (QED) is 0.492. The fourth-order valence-corrected chi connectivity index (χ4v) is 0.854. The van der Waals surface area contributed by atoms with E-state index in [-0.39, 0.29) is 0 Å². The van der Waals surface area contributed by atoms with Gasteiger partial charge in [-0.1, -0.05) is 25.1 Å². The van der Waals surface area contributed by atoms with Gasteiger partial charge in [-0.05, 0) is 5.56 Å². The van der Waals surface area contributed by atoms with Gasteiger partial charge < -0.3 is 0 Å². The van der Waals surface area contributed by atoms with E-state index in [4.69, 9.17) is 13.1 Å².